The van der Waals surface area contributed by atoms with Crippen LogP contribution in [0.25, 0.3) is 0 Å². The van der Waals surface area contributed by atoms with Gasteiger partial charge in [0.05, 0.1) is 40.6 Å². The number of benzene rings is 2. The van der Waals surface area contributed by atoms with Crippen molar-refractivity contribution in [2.24, 2.45) is 5.92 Å². The van der Waals surface area contributed by atoms with Crippen molar-refractivity contribution >= 4 is 11.6 Å². The van der Waals surface area contributed by atoms with Crippen molar-refractivity contribution in [2.45, 2.75) is 43.7 Å². The number of methoxy groups -OCH3 is 4. The van der Waals surface area contributed by atoms with Gasteiger partial charge in [0.2, 0.25) is 11.7 Å². The lowest BCUT2D eigenvalue weighted by Gasteiger charge is -2.52. The molecule has 0 aromatic heterocycles. The summed E-state index contributed by atoms with van der Waals surface area (Å²) in [6.07, 6.45) is 4.40. The first-order valence-corrected chi connectivity index (χ1v) is 12.1. The summed E-state index contributed by atoms with van der Waals surface area (Å²) in [6.45, 7) is 0.824. The predicted molar refractivity (Wildman–Crippen MR) is 134 cm³/mol. The fraction of sp³-hybridized carbons (Fsp3) is 0.519. The van der Waals surface area contributed by atoms with Gasteiger partial charge in [-0.1, -0.05) is 12.8 Å². The Hall–Kier alpha value is -2.97. The molecular formula is C27H36N2O6. The van der Waals surface area contributed by atoms with Crippen LogP contribution < -0.4 is 24.3 Å². The molecule has 0 radical (unpaired) electrons. The molecule has 2 N–H and O–H groups in total. The molecule has 0 spiro atoms. The first kappa shape index (κ1) is 25.1. The van der Waals surface area contributed by atoms with Crippen LogP contribution in [-0.2, 0) is 4.79 Å². The number of amides is 1. The highest BCUT2D eigenvalue weighted by atomic mass is 16.5. The number of rotatable bonds is 8. The van der Waals surface area contributed by atoms with E-state index in [1.807, 2.05) is 36.4 Å². The Morgan fingerprint density at radius 1 is 1.00 bits per heavy atom. The van der Waals surface area contributed by atoms with Gasteiger partial charge < -0.3 is 29.4 Å². The zero-order valence-corrected chi connectivity index (χ0v) is 21.0. The first-order chi connectivity index (χ1) is 16.9. The molecular weight excluding hydrogens is 448 g/mol. The zero-order valence-electron chi connectivity index (χ0n) is 21.0. The molecule has 8 nitrogen and oxygen atoms in total. The number of carbonyl (C=O) groups is 1. The van der Waals surface area contributed by atoms with Crippen LogP contribution >= 0.6 is 0 Å². The number of aliphatic hydroxyl groups is 1. The molecule has 35 heavy (non-hydrogen) atoms. The Morgan fingerprint density at radius 2 is 1.69 bits per heavy atom. The molecule has 1 aliphatic carbocycles. The number of nitrogens with zero attached hydrogens (tertiary/aromatic N) is 1. The van der Waals surface area contributed by atoms with E-state index in [4.69, 9.17) is 18.9 Å². The molecule has 190 valence electrons. The summed E-state index contributed by atoms with van der Waals surface area (Å²) in [5.74, 6) is 2.29. The Morgan fingerprint density at radius 3 is 2.29 bits per heavy atom. The van der Waals surface area contributed by atoms with Gasteiger partial charge in [-0.25, -0.2) is 0 Å². The van der Waals surface area contributed by atoms with Gasteiger partial charge in [0.25, 0.3) is 0 Å². The van der Waals surface area contributed by atoms with E-state index in [-0.39, 0.29) is 24.4 Å². The quantitative estimate of drug-likeness (QED) is 0.585. The summed E-state index contributed by atoms with van der Waals surface area (Å²) in [5.41, 5.74) is 0.916. The molecule has 2 fully saturated rings. The summed E-state index contributed by atoms with van der Waals surface area (Å²) < 4.78 is 21.9. The smallest absolute Gasteiger partial charge is 0.238 e. The SMILES string of the molecule is COc1ccc(NC(=O)CN2CC[C@]3(O)CCCC[C@@H]3[C@@H]2c2cc(OC)c(OC)c(OC)c2)cc1. The van der Waals surface area contributed by atoms with Crippen LogP contribution in [0.5, 0.6) is 23.0 Å². The second kappa shape index (κ2) is 10.7. The minimum absolute atomic E-state index is 0.00148. The van der Waals surface area contributed by atoms with Crippen LogP contribution in [-0.4, -0.2) is 63.0 Å². The fourth-order valence-electron chi connectivity index (χ4n) is 5.69. The van der Waals surface area contributed by atoms with E-state index in [1.165, 1.54) is 0 Å². The van der Waals surface area contributed by atoms with Gasteiger partial charge in [-0.2, -0.15) is 0 Å². The maximum Gasteiger partial charge on any atom is 0.238 e. The van der Waals surface area contributed by atoms with Crippen molar-refractivity contribution in [1.29, 1.82) is 0 Å². The maximum atomic E-state index is 13.1. The average Bonchev–Trinajstić information content (AvgIpc) is 2.88. The molecule has 8 heteroatoms. The van der Waals surface area contributed by atoms with Gasteiger partial charge in [-0.3, -0.25) is 9.69 Å². The second-order valence-corrected chi connectivity index (χ2v) is 9.36. The number of ether oxygens (including phenoxy) is 4. The van der Waals surface area contributed by atoms with Gasteiger partial charge >= 0.3 is 0 Å². The lowest BCUT2D eigenvalue weighted by atomic mass is 9.66. The number of hydrogen-bond acceptors (Lipinski definition) is 7. The van der Waals surface area contributed by atoms with Crippen molar-refractivity contribution in [3.63, 3.8) is 0 Å². The highest BCUT2D eigenvalue weighted by molar-refractivity contribution is 5.92. The number of nitrogens with one attached hydrogen (secondary N) is 1. The first-order valence-electron chi connectivity index (χ1n) is 12.1. The normalized spacial score (nSPS) is 24.3. The minimum atomic E-state index is -0.744. The number of carbonyl (C=O) groups excluding carboxylic acids is 1. The lowest BCUT2D eigenvalue weighted by molar-refractivity contribution is -0.135. The average molecular weight is 485 g/mol. The van der Waals surface area contributed by atoms with Crippen LogP contribution in [0, 0.1) is 5.92 Å². The molecule has 0 bridgehead atoms. The summed E-state index contributed by atoms with van der Waals surface area (Å²) in [5, 5.41) is 14.6. The molecule has 1 heterocycles. The molecule has 0 unspecified atom stereocenters. The van der Waals surface area contributed by atoms with Gasteiger partial charge in [-0.05, 0) is 61.2 Å². The van der Waals surface area contributed by atoms with Crippen LogP contribution in [0.4, 0.5) is 5.69 Å². The Labute approximate surface area is 207 Å². The number of fused-ring (bicyclic) bond motifs is 1. The molecule has 1 saturated carbocycles. The summed E-state index contributed by atoms with van der Waals surface area (Å²) in [6, 6.07) is 11.0. The van der Waals surface area contributed by atoms with Crippen LogP contribution in [0.1, 0.15) is 43.7 Å². The fourth-order valence-corrected chi connectivity index (χ4v) is 5.69. The second-order valence-electron chi connectivity index (χ2n) is 9.36. The molecule has 1 aliphatic heterocycles. The van der Waals surface area contributed by atoms with Crippen molar-refractivity contribution in [2.75, 3.05) is 46.8 Å². The molecule has 2 aromatic rings. The van der Waals surface area contributed by atoms with Gasteiger partial charge in [0, 0.05) is 24.2 Å². The highest BCUT2D eigenvalue weighted by Crippen LogP contribution is 2.51. The van der Waals surface area contributed by atoms with Crippen molar-refractivity contribution in [3.05, 3.63) is 42.0 Å². The van der Waals surface area contributed by atoms with Gasteiger partial charge in [-0.15, -0.1) is 0 Å². The van der Waals surface area contributed by atoms with E-state index in [0.29, 0.717) is 35.9 Å². The lowest BCUT2D eigenvalue weighted by Crippen LogP contribution is -2.56. The number of hydrogen-bond donors (Lipinski definition) is 2. The van der Waals surface area contributed by atoms with Crippen LogP contribution in [0.2, 0.25) is 0 Å². The van der Waals surface area contributed by atoms with Gasteiger partial charge in [0.15, 0.2) is 11.5 Å². The monoisotopic (exact) mass is 484 g/mol. The minimum Gasteiger partial charge on any atom is -0.497 e. The summed E-state index contributed by atoms with van der Waals surface area (Å²) in [7, 11) is 6.38. The topological polar surface area (TPSA) is 89.5 Å². The van der Waals surface area contributed by atoms with Crippen molar-refractivity contribution < 1.29 is 28.8 Å². The molecule has 4 rings (SSSR count). The third kappa shape index (κ3) is 5.18. The number of anilines is 1. The van der Waals surface area contributed by atoms with Crippen molar-refractivity contribution in [1.82, 2.24) is 4.90 Å². The third-order valence-corrected chi connectivity index (χ3v) is 7.42. The molecule has 3 atom stereocenters. The summed E-state index contributed by atoms with van der Waals surface area (Å²) >= 11 is 0. The van der Waals surface area contributed by atoms with Crippen molar-refractivity contribution in [3.8, 4) is 23.0 Å². The number of likely N-dealkylation sites (tertiary alicyclic amines) is 1. The predicted octanol–water partition coefficient (Wildman–Crippen LogP) is 4.03. The molecule has 1 amide bonds. The largest absolute Gasteiger partial charge is 0.497 e. The van der Waals surface area contributed by atoms with Crippen LogP contribution in [0.3, 0.4) is 0 Å². The van der Waals surface area contributed by atoms with Gasteiger partial charge in [0.1, 0.15) is 5.75 Å². The molecule has 2 aliphatic rings. The van der Waals surface area contributed by atoms with E-state index in [0.717, 1.165) is 37.0 Å². The third-order valence-electron chi connectivity index (χ3n) is 7.42. The molecule has 1 saturated heterocycles. The van der Waals surface area contributed by atoms with E-state index in [2.05, 4.69) is 10.2 Å². The highest BCUT2D eigenvalue weighted by Gasteiger charge is 2.49. The maximum absolute atomic E-state index is 13.1. The Balaban J connectivity index is 1.65. The standard InChI is InChI=1S/C27H36N2O6/c1-32-20-10-8-19(9-11-20)28-24(30)17-29-14-13-27(31)12-6-5-7-21(27)25(29)18-15-22(33-2)26(35-4)23(16-18)34-3/h8-11,15-16,21,25,31H,5-7,12-14,17H2,1-4H3,(H,28,30)/t21-,25+,27-/m1/s1. The summed E-state index contributed by atoms with van der Waals surface area (Å²) in [4.78, 5) is 15.3. The Kier molecular flexibility index (Phi) is 7.72. The van der Waals surface area contributed by atoms with E-state index >= 15 is 0 Å². The van der Waals surface area contributed by atoms with E-state index < -0.39 is 5.60 Å². The Bertz CT molecular complexity index is 1000. The van der Waals surface area contributed by atoms with E-state index in [9.17, 15) is 9.90 Å². The van der Waals surface area contributed by atoms with E-state index in [1.54, 1.807) is 28.4 Å². The molecule has 2 aromatic carbocycles. The number of piperidine rings is 1. The van der Waals surface area contributed by atoms with Crippen LogP contribution in [0.15, 0.2) is 36.4 Å². The zero-order chi connectivity index (χ0) is 25.0.